The summed E-state index contributed by atoms with van der Waals surface area (Å²) >= 11 is 0. The molecule has 0 saturated carbocycles. The number of nitrogens with zero attached hydrogens (tertiary/aromatic N) is 4. The third-order valence-corrected chi connectivity index (χ3v) is 6.27. The van der Waals surface area contributed by atoms with E-state index >= 15 is 0 Å². The molecule has 0 bridgehead atoms. The molecule has 154 valence electrons. The first-order valence-electron chi connectivity index (χ1n) is 10.8. The van der Waals surface area contributed by atoms with Gasteiger partial charge in [0.2, 0.25) is 0 Å². The van der Waals surface area contributed by atoms with Crippen molar-refractivity contribution in [3.8, 4) is 11.1 Å². The summed E-state index contributed by atoms with van der Waals surface area (Å²) in [6, 6.07) is 26.3. The maximum Gasteiger partial charge on any atom is 0.298 e. The highest BCUT2D eigenvalue weighted by molar-refractivity contribution is 5.88. The molecule has 6 rings (SSSR count). The Balaban J connectivity index is 1.24. The summed E-state index contributed by atoms with van der Waals surface area (Å²) in [6.07, 6.45) is 2.10. The first-order valence-corrected chi connectivity index (χ1v) is 10.8. The van der Waals surface area contributed by atoms with Gasteiger partial charge in [0.15, 0.2) is 5.58 Å². The van der Waals surface area contributed by atoms with E-state index in [9.17, 15) is 0 Å². The molecule has 0 radical (unpaired) electrons. The Bertz CT molecular complexity index is 1360. The van der Waals surface area contributed by atoms with Gasteiger partial charge in [0.05, 0.1) is 0 Å². The van der Waals surface area contributed by atoms with Crippen LogP contribution in [0.2, 0.25) is 0 Å². The van der Waals surface area contributed by atoms with Gasteiger partial charge < -0.3 is 18.8 Å². The van der Waals surface area contributed by atoms with Gasteiger partial charge in [-0.15, -0.1) is 0 Å². The summed E-state index contributed by atoms with van der Waals surface area (Å²) in [4.78, 5) is 9.48. The molecule has 5 aromatic rings. The fourth-order valence-corrected chi connectivity index (χ4v) is 4.49. The Labute approximate surface area is 181 Å². The van der Waals surface area contributed by atoms with Crippen LogP contribution >= 0.6 is 0 Å². The third kappa shape index (κ3) is 3.22. The second kappa shape index (κ2) is 7.20. The van der Waals surface area contributed by atoms with E-state index in [0.717, 1.165) is 48.9 Å². The van der Waals surface area contributed by atoms with Gasteiger partial charge in [-0.25, -0.2) is 0 Å². The summed E-state index contributed by atoms with van der Waals surface area (Å²) in [6.45, 7) is 3.73. The monoisotopic (exact) mass is 408 g/mol. The van der Waals surface area contributed by atoms with Gasteiger partial charge in [-0.05, 0) is 53.6 Å². The van der Waals surface area contributed by atoms with Crippen LogP contribution in [0.3, 0.4) is 0 Å². The Hall–Kier alpha value is -3.73. The average molecular weight is 409 g/mol. The molecule has 3 heterocycles. The van der Waals surface area contributed by atoms with E-state index in [0.29, 0.717) is 0 Å². The summed E-state index contributed by atoms with van der Waals surface area (Å²) < 4.78 is 8.25. The van der Waals surface area contributed by atoms with Crippen LogP contribution in [0, 0.1) is 0 Å². The fourth-order valence-electron chi connectivity index (χ4n) is 4.49. The first kappa shape index (κ1) is 18.1. The minimum atomic E-state index is 0.721. The van der Waals surface area contributed by atoms with E-state index in [1.165, 1.54) is 22.2 Å². The molecule has 3 aromatic carbocycles. The SMILES string of the molecule is Cn1ccc2cc(-c3ccc4oc(N5CCN(c6ccccc6)CC5)nc4c3)ccc21. The van der Waals surface area contributed by atoms with Gasteiger partial charge in [-0.2, -0.15) is 4.98 Å². The number of anilines is 2. The number of para-hydroxylation sites is 1. The van der Waals surface area contributed by atoms with Crippen molar-refractivity contribution in [3.63, 3.8) is 0 Å². The molecule has 0 amide bonds. The van der Waals surface area contributed by atoms with E-state index < -0.39 is 0 Å². The first-order chi connectivity index (χ1) is 15.2. The minimum absolute atomic E-state index is 0.721. The summed E-state index contributed by atoms with van der Waals surface area (Å²) in [7, 11) is 2.07. The molecule has 1 saturated heterocycles. The van der Waals surface area contributed by atoms with E-state index in [1.807, 2.05) is 6.07 Å². The number of oxazole rings is 1. The number of fused-ring (bicyclic) bond motifs is 2. The van der Waals surface area contributed by atoms with E-state index in [1.54, 1.807) is 0 Å². The van der Waals surface area contributed by atoms with Gasteiger partial charge in [0.25, 0.3) is 6.01 Å². The lowest BCUT2D eigenvalue weighted by atomic mass is 10.0. The highest BCUT2D eigenvalue weighted by atomic mass is 16.4. The highest BCUT2D eigenvalue weighted by Gasteiger charge is 2.21. The van der Waals surface area contributed by atoms with Crippen molar-refractivity contribution >= 4 is 33.7 Å². The van der Waals surface area contributed by atoms with Gasteiger partial charge in [0.1, 0.15) is 5.52 Å². The largest absolute Gasteiger partial charge is 0.423 e. The average Bonchev–Trinajstić information content (AvgIpc) is 3.42. The van der Waals surface area contributed by atoms with Gasteiger partial charge in [0, 0.05) is 56.0 Å². The number of benzene rings is 3. The van der Waals surface area contributed by atoms with Crippen LogP contribution in [0.1, 0.15) is 0 Å². The fraction of sp³-hybridized carbons (Fsp3) is 0.192. The molecule has 2 aromatic heterocycles. The smallest absolute Gasteiger partial charge is 0.298 e. The zero-order chi connectivity index (χ0) is 20.8. The van der Waals surface area contributed by atoms with Crippen LogP contribution < -0.4 is 9.80 Å². The molecule has 31 heavy (non-hydrogen) atoms. The summed E-state index contributed by atoms with van der Waals surface area (Å²) in [5, 5.41) is 1.25. The quantitative estimate of drug-likeness (QED) is 0.405. The summed E-state index contributed by atoms with van der Waals surface area (Å²) in [5.74, 6) is 0. The van der Waals surface area contributed by atoms with Crippen molar-refractivity contribution in [1.82, 2.24) is 9.55 Å². The maximum atomic E-state index is 6.11. The molecule has 0 atom stereocenters. The standard InChI is InChI=1S/C26H24N4O/c1-28-12-11-21-17-19(7-9-24(21)28)20-8-10-25-23(18-20)27-26(31-25)30-15-13-29(14-16-30)22-5-3-2-4-6-22/h2-12,17-18H,13-16H2,1H3. The predicted octanol–water partition coefficient (Wildman–Crippen LogP) is 5.31. The van der Waals surface area contributed by atoms with Gasteiger partial charge in [-0.1, -0.05) is 30.3 Å². The molecule has 0 N–H and O–H groups in total. The van der Waals surface area contributed by atoms with Crippen molar-refractivity contribution in [1.29, 1.82) is 0 Å². The van der Waals surface area contributed by atoms with Crippen molar-refractivity contribution in [2.24, 2.45) is 7.05 Å². The van der Waals surface area contributed by atoms with Crippen LogP contribution in [0.15, 0.2) is 83.4 Å². The van der Waals surface area contributed by atoms with Crippen molar-refractivity contribution in [2.45, 2.75) is 0 Å². The lowest BCUT2D eigenvalue weighted by molar-refractivity contribution is 0.542. The van der Waals surface area contributed by atoms with Crippen LogP contribution in [-0.4, -0.2) is 35.7 Å². The Morgan fingerprint density at radius 1 is 0.774 bits per heavy atom. The molecular weight excluding hydrogens is 384 g/mol. The molecule has 0 aliphatic carbocycles. The third-order valence-electron chi connectivity index (χ3n) is 6.27. The van der Waals surface area contributed by atoms with Crippen molar-refractivity contribution in [3.05, 3.63) is 79.0 Å². The molecule has 0 spiro atoms. The Kier molecular flexibility index (Phi) is 4.20. The van der Waals surface area contributed by atoms with Crippen molar-refractivity contribution in [2.75, 3.05) is 36.0 Å². The maximum absolute atomic E-state index is 6.11. The Morgan fingerprint density at radius 2 is 1.52 bits per heavy atom. The second-order valence-electron chi connectivity index (χ2n) is 8.19. The molecule has 1 aliphatic rings. The molecule has 0 unspecified atom stereocenters. The van der Waals surface area contributed by atoms with Gasteiger partial charge >= 0.3 is 0 Å². The lowest BCUT2D eigenvalue weighted by Crippen LogP contribution is -2.46. The van der Waals surface area contributed by atoms with Crippen LogP contribution in [0.25, 0.3) is 33.1 Å². The number of hydrogen-bond acceptors (Lipinski definition) is 4. The summed E-state index contributed by atoms with van der Waals surface area (Å²) in [5.41, 5.74) is 6.62. The Morgan fingerprint density at radius 3 is 2.35 bits per heavy atom. The zero-order valence-electron chi connectivity index (χ0n) is 17.5. The highest BCUT2D eigenvalue weighted by Crippen LogP contribution is 2.30. The minimum Gasteiger partial charge on any atom is -0.423 e. The van der Waals surface area contributed by atoms with Crippen LogP contribution in [0.4, 0.5) is 11.7 Å². The lowest BCUT2D eigenvalue weighted by Gasteiger charge is -2.35. The van der Waals surface area contributed by atoms with E-state index in [4.69, 9.17) is 9.40 Å². The topological polar surface area (TPSA) is 37.4 Å². The predicted molar refractivity (Wildman–Crippen MR) is 127 cm³/mol. The van der Waals surface area contributed by atoms with Gasteiger partial charge in [-0.3, -0.25) is 0 Å². The molecule has 1 aliphatic heterocycles. The van der Waals surface area contributed by atoms with Crippen LogP contribution in [0.5, 0.6) is 0 Å². The van der Waals surface area contributed by atoms with E-state index in [-0.39, 0.29) is 0 Å². The second-order valence-corrected chi connectivity index (χ2v) is 8.19. The number of piperazine rings is 1. The molecule has 1 fully saturated rings. The number of aromatic nitrogens is 2. The molecule has 5 nitrogen and oxygen atoms in total. The number of hydrogen-bond donors (Lipinski definition) is 0. The van der Waals surface area contributed by atoms with Crippen molar-refractivity contribution < 1.29 is 4.42 Å². The zero-order valence-corrected chi connectivity index (χ0v) is 17.5. The van der Waals surface area contributed by atoms with E-state index in [2.05, 4.69) is 94.3 Å². The molecule has 5 heteroatoms. The van der Waals surface area contributed by atoms with Crippen LogP contribution in [-0.2, 0) is 7.05 Å². The number of rotatable bonds is 3. The number of aryl methyl sites for hydroxylation is 1. The molecular formula is C26H24N4O. The normalized spacial score (nSPS) is 14.6.